The number of benzene rings is 1. The van der Waals surface area contributed by atoms with E-state index in [0.29, 0.717) is 18.2 Å². The lowest BCUT2D eigenvalue weighted by atomic mass is 10.2. The smallest absolute Gasteiger partial charge is 0.173 e. The van der Waals surface area contributed by atoms with E-state index in [4.69, 9.17) is 0 Å². The molecule has 0 bridgehead atoms. The van der Waals surface area contributed by atoms with Gasteiger partial charge in [-0.15, -0.1) is 11.3 Å². The monoisotopic (exact) mass is 334 g/mol. The summed E-state index contributed by atoms with van der Waals surface area (Å²) in [5.74, 6) is 1.37. The number of hydrogen-bond donors (Lipinski definition) is 1. The largest absolute Gasteiger partial charge is 0.362 e. The number of rotatable bonds is 5. The van der Waals surface area contributed by atoms with Gasteiger partial charge in [-0.05, 0) is 6.07 Å². The second-order valence-corrected chi connectivity index (χ2v) is 6.00. The third-order valence-corrected chi connectivity index (χ3v) is 4.25. The highest BCUT2D eigenvalue weighted by Gasteiger charge is 2.05. The first-order valence-electron chi connectivity index (χ1n) is 7.44. The molecular weight excluding hydrogens is 320 g/mol. The first-order chi connectivity index (χ1) is 11.9. The Morgan fingerprint density at radius 2 is 1.96 bits per heavy atom. The SMILES string of the molecule is c1ccc(-c2csc(CNc3cncc(-n4cccn4)n3)n2)cc1. The summed E-state index contributed by atoms with van der Waals surface area (Å²) in [6.07, 6.45) is 6.91. The van der Waals surface area contributed by atoms with Crippen molar-refractivity contribution in [1.29, 1.82) is 0 Å². The normalized spacial score (nSPS) is 10.7. The van der Waals surface area contributed by atoms with E-state index < -0.39 is 0 Å². The summed E-state index contributed by atoms with van der Waals surface area (Å²) in [5, 5.41) is 10.5. The number of nitrogens with zero attached hydrogens (tertiary/aromatic N) is 5. The third kappa shape index (κ3) is 3.16. The fourth-order valence-corrected chi connectivity index (χ4v) is 3.00. The van der Waals surface area contributed by atoms with Crippen LogP contribution in [0.15, 0.2) is 66.6 Å². The second kappa shape index (κ2) is 6.59. The molecule has 0 saturated heterocycles. The summed E-state index contributed by atoms with van der Waals surface area (Å²) in [7, 11) is 0. The minimum absolute atomic E-state index is 0.606. The van der Waals surface area contributed by atoms with Crippen molar-refractivity contribution in [2.75, 3.05) is 5.32 Å². The molecule has 4 rings (SSSR count). The van der Waals surface area contributed by atoms with Crippen molar-refractivity contribution < 1.29 is 0 Å². The Hall–Kier alpha value is -3.06. The quantitative estimate of drug-likeness (QED) is 0.606. The number of aromatic nitrogens is 5. The van der Waals surface area contributed by atoms with Crippen LogP contribution in [0.3, 0.4) is 0 Å². The molecule has 0 aliphatic heterocycles. The van der Waals surface area contributed by atoms with Crippen LogP contribution in [0, 0.1) is 0 Å². The topological polar surface area (TPSA) is 68.5 Å². The van der Waals surface area contributed by atoms with Gasteiger partial charge in [-0.1, -0.05) is 30.3 Å². The molecule has 4 aromatic rings. The Morgan fingerprint density at radius 3 is 2.79 bits per heavy atom. The molecule has 118 valence electrons. The summed E-state index contributed by atoms with van der Waals surface area (Å²) in [5.41, 5.74) is 2.12. The van der Waals surface area contributed by atoms with Crippen molar-refractivity contribution >= 4 is 17.2 Å². The Bertz CT molecular complexity index is 917. The molecule has 6 nitrogen and oxygen atoms in total. The van der Waals surface area contributed by atoms with Crippen molar-refractivity contribution in [3.8, 4) is 17.1 Å². The molecule has 0 spiro atoms. The number of nitrogens with one attached hydrogen (secondary N) is 1. The van der Waals surface area contributed by atoms with Gasteiger partial charge in [0.15, 0.2) is 5.82 Å². The van der Waals surface area contributed by atoms with E-state index in [2.05, 4.69) is 42.9 Å². The van der Waals surface area contributed by atoms with Gasteiger partial charge in [-0.3, -0.25) is 4.98 Å². The minimum Gasteiger partial charge on any atom is -0.362 e. The highest BCUT2D eigenvalue weighted by Crippen LogP contribution is 2.22. The van der Waals surface area contributed by atoms with Gasteiger partial charge >= 0.3 is 0 Å². The Balaban J connectivity index is 1.46. The van der Waals surface area contributed by atoms with E-state index in [9.17, 15) is 0 Å². The predicted octanol–water partition coefficient (Wildman–Crippen LogP) is 3.40. The minimum atomic E-state index is 0.606. The molecule has 1 N–H and O–H groups in total. The van der Waals surface area contributed by atoms with Gasteiger partial charge < -0.3 is 5.32 Å². The Labute approximate surface area is 142 Å². The van der Waals surface area contributed by atoms with E-state index in [0.717, 1.165) is 16.3 Å². The molecule has 0 aliphatic rings. The van der Waals surface area contributed by atoms with Crippen molar-refractivity contribution in [2.24, 2.45) is 0 Å². The molecule has 0 amide bonds. The third-order valence-electron chi connectivity index (χ3n) is 3.40. The van der Waals surface area contributed by atoms with Crippen LogP contribution < -0.4 is 5.32 Å². The molecule has 0 unspecified atom stereocenters. The molecule has 3 heterocycles. The highest BCUT2D eigenvalue weighted by molar-refractivity contribution is 7.09. The van der Waals surface area contributed by atoms with Gasteiger partial charge in [0.25, 0.3) is 0 Å². The summed E-state index contributed by atoms with van der Waals surface area (Å²) < 4.78 is 1.68. The average molecular weight is 334 g/mol. The molecule has 7 heteroatoms. The summed E-state index contributed by atoms with van der Waals surface area (Å²) in [6.45, 7) is 0.606. The zero-order chi connectivity index (χ0) is 16.2. The predicted molar refractivity (Wildman–Crippen MR) is 94.0 cm³/mol. The standard InChI is InChI=1S/C17H14N6S/c1-2-5-13(6-3-1)14-12-24-17(21-14)11-19-15-9-18-10-16(22-15)23-8-4-7-20-23/h1-10,12H,11H2,(H,19,22). The number of hydrogen-bond acceptors (Lipinski definition) is 6. The van der Waals surface area contributed by atoms with E-state index >= 15 is 0 Å². The lowest BCUT2D eigenvalue weighted by Gasteiger charge is -2.05. The zero-order valence-corrected chi connectivity index (χ0v) is 13.5. The van der Waals surface area contributed by atoms with Crippen LogP contribution in [0.4, 0.5) is 5.82 Å². The Kier molecular flexibility index (Phi) is 3.99. The maximum Gasteiger partial charge on any atom is 0.173 e. The van der Waals surface area contributed by atoms with E-state index in [1.54, 1.807) is 34.6 Å². The van der Waals surface area contributed by atoms with Gasteiger partial charge in [0.05, 0.1) is 24.6 Å². The molecule has 0 aliphatic carbocycles. The molecule has 0 fully saturated rings. The fourth-order valence-electron chi connectivity index (χ4n) is 2.26. The van der Waals surface area contributed by atoms with Crippen LogP contribution in [0.5, 0.6) is 0 Å². The maximum atomic E-state index is 4.66. The van der Waals surface area contributed by atoms with Crippen LogP contribution in [0.25, 0.3) is 17.1 Å². The summed E-state index contributed by atoms with van der Waals surface area (Å²) in [4.78, 5) is 13.4. The van der Waals surface area contributed by atoms with Crippen molar-refractivity contribution in [2.45, 2.75) is 6.54 Å². The maximum absolute atomic E-state index is 4.66. The van der Waals surface area contributed by atoms with Gasteiger partial charge in [-0.25, -0.2) is 14.6 Å². The lowest BCUT2D eigenvalue weighted by Crippen LogP contribution is -2.05. The van der Waals surface area contributed by atoms with Gasteiger partial charge in [0, 0.05) is 23.3 Å². The van der Waals surface area contributed by atoms with Crippen LogP contribution in [0.2, 0.25) is 0 Å². The molecular formula is C17H14N6S. The van der Waals surface area contributed by atoms with Gasteiger partial charge in [0.1, 0.15) is 10.8 Å². The molecule has 0 saturated carbocycles. The van der Waals surface area contributed by atoms with Crippen molar-refractivity contribution in [3.63, 3.8) is 0 Å². The van der Waals surface area contributed by atoms with Gasteiger partial charge in [-0.2, -0.15) is 5.10 Å². The second-order valence-electron chi connectivity index (χ2n) is 5.06. The van der Waals surface area contributed by atoms with E-state index in [1.807, 2.05) is 30.5 Å². The van der Waals surface area contributed by atoms with Crippen LogP contribution >= 0.6 is 11.3 Å². The molecule has 1 aromatic carbocycles. The average Bonchev–Trinajstić information content (AvgIpc) is 3.33. The summed E-state index contributed by atoms with van der Waals surface area (Å²) in [6, 6.07) is 12.0. The van der Waals surface area contributed by atoms with E-state index in [1.165, 1.54) is 0 Å². The first kappa shape index (κ1) is 14.5. The molecule has 0 atom stereocenters. The summed E-state index contributed by atoms with van der Waals surface area (Å²) >= 11 is 1.63. The van der Waals surface area contributed by atoms with Crippen LogP contribution in [-0.4, -0.2) is 24.7 Å². The fraction of sp³-hybridized carbons (Fsp3) is 0.0588. The van der Waals surface area contributed by atoms with E-state index in [-0.39, 0.29) is 0 Å². The van der Waals surface area contributed by atoms with Crippen molar-refractivity contribution in [3.05, 3.63) is 71.6 Å². The zero-order valence-electron chi connectivity index (χ0n) is 12.7. The van der Waals surface area contributed by atoms with Crippen molar-refractivity contribution in [1.82, 2.24) is 24.7 Å². The molecule has 3 aromatic heterocycles. The molecule has 24 heavy (non-hydrogen) atoms. The van der Waals surface area contributed by atoms with Crippen LogP contribution in [-0.2, 0) is 6.54 Å². The Morgan fingerprint density at radius 1 is 1.04 bits per heavy atom. The lowest BCUT2D eigenvalue weighted by molar-refractivity contribution is 0.837. The van der Waals surface area contributed by atoms with Crippen LogP contribution in [0.1, 0.15) is 5.01 Å². The van der Waals surface area contributed by atoms with Gasteiger partial charge in [0.2, 0.25) is 0 Å². The number of thiazole rings is 1. The number of anilines is 1. The highest BCUT2D eigenvalue weighted by atomic mass is 32.1. The molecule has 0 radical (unpaired) electrons. The first-order valence-corrected chi connectivity index (χ1v) is 8.32.